The van der Waals surface area contributed by atoms with Crippen molar-refractivity contribution in [2.75, 3.05) is 0 Å². The quantitative estimate of drug-likeness (QED) is 0.275. The van der Waals surface area contributed by atoms with E-state index in [0.29, 0.717) is 6.61 Å². The van der Waals surface area contributed by atoms with Crippen molar-refractivity contribution in [1.29, 1.82) is 0 Å². The van der Waals surface area contributed by atoms with Gasteiger partial charge in [0.15, 0.2) is 0 Å². The van der Waals surface area contributed by atoms with Gasteiger partial charge in [-0.2, -0.15) is 0 Å². The molecule has 6 rings (SSSR count). The predicted molar refractivity (Wildman–Crippen MR) is 140 cm³/mol. The number of rotatable bonds is 5. The first-order valence-corrected chi connectivity index (χ1v) is 12.1. The second-order valence-electron chi connectivity index (χ2n) is 9.00. The molecule has 0 fully saturated rings. The maximum atomic E-state index is 6.48. The Morgan fingerprint density at radius 2 is 1.44 bits per heavy atom. The molecule has 4 aromatic carbocycles. The Labute approximate surface area is 200 Å². The van der Waals surface area contributed by atoms with Crippen LogP contribution in [0.25, 0.3) is 33.3 Å². The summed E-state index contributed by atoms with van der Waals surface area (Å²) in [6, 6.07) is 36.1. The first-order valence-electron chi connectivity index (χ1n) is 12.1. The van der Waals surface area contributed by atoms with E-state index in [-0.39, 0.29) is 0 Å². The molecule has 1 aromatic heterocycles. The summed E-state index contributed by atoms with van der Waals surface area (Å²) >= 11 is 0. The van der Waals surface area contributed by atoms with Crippen LogP contribution in [0.4, 0.5) is 0 Å². The van der Waals surface area contributed by atoms with Crippen molar-refractivity contribution in [2.24, 2.45) is 0 Å². The molecule has 2 heteroatoms. The summed E-state index contributed by atoms with van der Waals surface area (Å²) in [6.07, 6.45) is 4.61. The normalized spacial score (nSPS) is 12.9. The van der Waals surface area contributed by atoms with E-state index in [1.165, 1.54) is 34.7 Å². The van der Waals surface area contributed by atoms with Crippen LogP contribution in [-0.2, 0) is 19.4 Å². The van der Waals surface area contributed by atoms with Gasteiger partial charge in [0.25, 0.3) is 0 Å². The standard InChI is InChI=1S/C32H27NO/c1-3-11-23(12-4-1)22-34-30-20-19-24-13-7-9-17-27(24)31(30)32-28-18-10-8-16-26(28)21-29(33-32)25-14-5-2-6-15-25/h1-7,9,11-15,17,19-21H,8,10,16,18,22H2. The third-order valence-electron chi connectivity index (χ3n) is 6.77. The predicted octanol–water partition coefficient (Wildman–Crippen LogP) is 8.03. The minimum absolute atomic E-state index is 0.534. The van der Waals surface area contributed by atoms with E-state index < -0.39 is 0 Å². The van der Waals surface area contributed by atoms with Crippen molar-refractivity contribution in [2.45, 2.75) is 32.3 Å². The summed E-state index contributed by atoms with van der Waals surface area (Å²) in [5.74, 6) is 0.896. The van der Waals surface area contributed by atoms with Crippen molar-refractivity contribution in [3.8, 4) is 28.3 Å². The smallest absolute Gasteiger partial charge is 0.129 e. The average molecular weight is 442 g/mol. The zero-order valence-electron chi connectivity index (χ0n) is 19.2. The van der Waals surface area contributed by atoms with E-state index in [4.69, 9.17) is 9.72 Å². The Morgan fingerprint density at radius 1 is 0.706 bits per heavy atom. The maximum Gasteiger partial charge on any atom is 0.129 e. The summed E-state index contributed by atoms with van der Waals surface area (Å²) in [7, 11) is 0. The first kappa shape index (κ1) is 20.7. The highest BCUT2D eigenvalue weighted by molar-refractivity contribution is 6.00. The van der Waals surface area contributed by atoms with Crippen molar-refractivity contribution in [1.82, 2.24) is 4.98 Å². The molecule has 0 bridgehead atoms. The minimum Gasteiger partial charge on any atom is -0.488 e. The monoisotopic (exact) mass is 441 g/mol. The number of fused-ring (bicyclic) bond motifs is 2. The molecule has 1 aliphatic carbocycles. The largest absolute Gasteiger partial charge is 0.488 e. The molecule has 2 nitrogen and oxygen atoms in total. The van der Waals surface area contributed by atoms with Crippen LogP contribution in [-0.4, -0.2) is 4.98 Å². The lowest BCUT2D eigenvalue weighted by atomic mass is 9.86. The van der Waals surface area contributed by atoms with Gasteiger partial charge in [-0.15, -0.1) is 0 Å². The Hall–Kier alpha value is -3.91. The van der Waals surface area contributed by atoms with Gasteiger partial charge in [0.2, 0.25) is 0 Å². The molecule has 0 saturated heterocycles. The summed E-state index contributed by atoms with van der Waals surface area (Å²) in [4.78, 5) is 5.31. The lowest BCUT2D eigenvalue weighted by Crippen LogP contribution is -2.08. The van der Waals surface area contributed by atoms with E-state index in [0.717, 1.165) is 46.7 Å². The van der Waals surface area contributed by atoms with Crippen molar-refractivity contribution in [3.63, 3.8) is 0 Å². The van der Waals surface area contributed by atoms with Gasteiger partial charge in [0.1, 0.15) is 12.4 Å². The number of hydrogen-bond donors (Lipinski definition) is 0. The average Bonchev–Trinajstić information content (AvgIpc) is 2.92. The molecule has 0 atom stereocenters. The number of benzene rings is 4. The SMILES string of the molecule is c1ccc(COc2ccc3ccccc3c2-c2nc(-c3ccccc3)cc3c2CCCC3)cc1. The lowest BCUT2D eigenvalue weighted by molar-refractivity contribution is 0.308. The Balaban J connectivity index is 1.56. The zero-order valence-corrected chi connectivity index (χ0v) is 19.2. The fourth-order valence-electron chi connectivity index (χ4n) is 5.06. The number of nitrogens with zero attached hydrogens (tertiary/aromatic N) is 1. The Morgan fingerprint density at radius 3 is 2.29 bits per heavy atom. The second-order valence-corrected chi connectivity index (χ2v) is 9.00. The molecule has 0 N–H and O–H groups in total. The van der Waals surface area contributed by atoms with Crippen LogP contribution in [0.5, 0.6) is 5.75 Å². The zero-order chi connectivity index (χ0) is 22.7. The fraction of sp³-hybridized carbons (Fsp3) is 0.156. The number of aryl methyl sites for hydroxylation is 1. The van der Waals surface area contributed by atoms with Gasteiger partial charge in [0, 0.05) is 5.56 Å². The molecule has 0 unspecified atom stereocenters. The minimum atomic E-state index is 0.534. The van der Waals surface area contributed by atoms with E-state index in [2.05, 4.69) is 97.1 Å². The van der Waals surface area contributed by atoms with Crippen LogP contribution in [0.1, 0.15) is 29.5 Å². The lowest BCUT2D eigenvalue weighted by Gasteiger charge is -2.23. The van der Waals surface area contributed by atoms with Crippen LogP contribution >= 0.6 is 0 Å². The third-order valence-corrected chi connectivity index (χ3v) is 6.77. The van der Waals surface area contributed by atoms with Crippen molar-refractivity contribution >= 4 is 10.8 Å². The summed E-state index contributed by atoms with van der Waals surface area (Å²) in [5, 5.41) is 2.40. The van der Waals surface area contributed by atoms with Crippen molar-refractivity contribution < 1.29 is 4.74 Å². The molecule has 0 aliphatic heterocycles. The van der Waals surface area contributed by atoms with Gasteiger partial charge in [-0.25, -0.2) is 4.98 Å². The van der Waals surface area contributed by atoms with Crippen LogP contribution < -0.4 is 4.74 Å². The molecule has 0 saturated carbocycles. The van der Waals surface area contributed by atoms with Crippen molar-refractivity contribution in [3.05, 3.63) is 120 Å². The molecule has 34 heavy (non-hydrogen) atoms. The van der Waals surface area contributed by atoms with Crippen LogP contribution in [0, 0.1) is 0 Å². The van der Waals surface area contributed by atoms with Crippen LogP contribution in [0.15, 0.2) is 103 Å². The fourth-order valence-corrected chi connectivity index (χ4v) is 5.06. The summed E-state index contributed by atoms with van der Waals surface area (Å²) < 4.78 is 6.48. The van der Waals surface area contributed by atoms with Gasteiger partial charge >= 0.3 is 0 Å². The second kappa shape index (κ2) is 9.15. The molecule has 0 spiro atoms. The topological polar surface area (TPSA) is 22.1 Å². The number of ether oxygens (including phenoxy) is 1. The summed E-state index contributed by atoms with van der Waals surface area (Å²) in [5.41, 5.74) is 8.36. The van der Waals surface area contributed by atoms with Gasteiger partial charge in [-0.05, 0) is 65.3 Å². The molecule has 0 radical (unpaired) electrons. The number of hydrogen-bond acceptors (Lipinski definition) is 2. The van der Waals surface area contributed by atoms with Crippen LogP contribution in [0.3, 0.4) is 0 Å². The van der Waals surface area contributed by atoms with Gasteiger partial charge in [-0.1, -0.05) is 91.0 Å². The highest BCUT2D eigenvalue weighted by Gasteiger charge is 2.22. The molecule has 5 aromatic rings. The molecule has 1 heterocycles. The number of pyridine rings is 1. The molecule has 166 valence electrons. The van der Waals surface area contributed by atoms with Crippen LogP contribution in [0.2, 0.25) is 0 Å². The number of aromatic nitrogens is 1. The van der Waals surface area contributed by atoms with E-state index in [1.807, 2.05) is 6.07 Å². The third kappa shape index (κ3) is 3.97. The Kier molecular flexibility index (Phi) is 5.56. The molecular weight excluding hydrogens is 414 g/mol. The first-order chi connectivity index (χ1) is 16.9. The van der Waals surface area contributed by atoms with E-state index in [9.17, 15) is 0 Å². The molecular formula is C32H27NO. The van der Waals surface area contributed by atoms with Gasteiger partial charge < -0.3 is 4.74 Å². The molecule has 1 aliphatic rings. The maximum absolute atomic E-state index is 6.48. The van der Waals surface area contributed by atoms with Gasteiger partial charge in [-0.3, -0.25) is 0 Å². The molecule has 0 amide bonds. The Bertz CT molecular complexity index is 1440. The van der Waals surface area contributed by atoms with Gasteiger partial charge in [0.05, 0.1) is 17.0 Å². The highest BCUT2D eigenvalue weighted by atomic mass is 16.5. The highest BCUT2D eigenvalue weighted by Crippen LogP contribution is 2.42. The van der Waals surface area contributed by atoms with E-state index in [1.54, 1.807) is 0 Å². The van der Waals surface area contributed by atoms with E-state index >= 15 is 0 Å². The summed E-state index contributed by atoms with van der Waals surface area (Å²) in [6.45, 7) is 0.534.